The van der Waals surface area contributed by atoms with E-state index in [0.29, 0.717) is 22.2 Å². The molecular formula is C16H17Cl2NO2. The number of hydrogen-bond donors (Lipinski definition) is 1. The van der Waals surface area contributed by atoms with Gasteiger partial charge in [0.2, 0.25) is 0 Å². The molecule has 0 aliphatic carbocycles. The third-order valence-corrected chi connectivity index (χ3v) is 3.65. The second kappa shape index (κ2) is 7.64. The van der Waals surface area contributed by atoms with Crippen LogP contribution in [0.3, 0.4) is 0 Å². The maximum Gasteiger partial charge on any atom is 0.138 e. The number of pyridine rings is 1. The van der Waals surface area contributed by atoms with Crippen molar-refractivity contribution in [2.45, 2.75) is 32.0 Å². The molecule has 2 rings (SSSR count). The Morgan fingerprint density at radius 2 is 2.10 bits per heavy atom. The van der Waals surface area contributed by atoms with E-state index in [-0.39, 0.29) is 0 Å². The largest absolute Gasteiger partial charge is 0.486 e. The Hall–Kier alpha value is -1.29. The van der Waals surface area contributed by atoms with Crippen LogP contribution in [0.2, 0.25) is 10.0 Å². The van der Waals surface area contributed by atoms with E-state index in [2.05, 4.69) is 4.98 Å². The minimum atomic E-state index is -0.759. The molecule has 0 aliphatic rings. The minimum Gasteiger partial charge on any atom is -0.486 e. The molecule has 2 aromatic rings. The van der Waals surface area contributed by atoms with Crippen LogP contribution in [0.4, 0.5) is 0 Å². The number of hydrogen-bond acceptors (Lipinski definition) is 3. The molecule has 0 radical (unpaired) electrons. The molecule has 2 unspecified atom stereocenters. The van der Waals surface area contributed by atoms with Crippen molar-refractivity contribution in [1.82, 2.24) is 4.98 Å². The quantitative estimate of drug-likeness (QED) is 0.839. The van der Waals surface area contributed by atoms with Crippen LogP contribution in [0, 0.1) is 0 Å². The molecule has 1 aromatic heterocycles. The Morgan fingerprint density at radius 3 is 2.71 bits per heavy atom. The van der Waals surface area contributed by atoms with E-state index in [1.807, 2.05) is 13.0 Å². The number of ether oxygens (including phenoxy) is 1. The number of aromatic nitrogens is 1. The van der Waals surface area contributed by atoms with Gasteiger partial charge >= 0.3 is 0 Å². The lowest BCUT2D eigenvalue weighted by atomic mass is 10.0. The van der Waals surface area contributed by atoms with Crippen LogP contribution in [-0.4, -0.2) is 16.2 Å². The highest BCUT2D eigenvalue weighted by atomic mass is 35.5. The van der Waals surface area contributed by atoms with Crippen molar-refractivity contribution in [3.8, 4) is 5.75 Å². The summed E-state index contributed by atoms with van der Waals surface area (Å²) in [5.74, 6) is 0.516. The summed E-state index contributed by atoms with van der Waals surface area (Å²) in [6, 6.07) is 8.66. The molecule has 0 amide bonds. The first-order valence-electron chi connectivity index (χ1n) is 6.81. The Labute approximate surface area is 134 Å². The molecule has 0 fully saturated rings. The first kappa shape index (κ1) is 16.1. The number of aliphatic hydroxyl groups excluding tert-OH is 1. The second-order valence-corrected chi connectivity index (χ2v) is 5.59. The van der Waals surface area contributed by atoms with Crippen LogP contribution in [0.1, 0.15) is 31.4 Å². The van der Waals surface area contributed by atoms with Crippen molar-refractivity contribution in [3.05, 3.63) is 58.3 Å². The molecule has 21 heavy (non-hydrogen) atoms. The monoisotopic (exact) mass is 325 g/mol. The van der Waals surface area contributed by atoms with Crippen molar-refractivity contribution >= 4 is 23.2 Å². The molecular weight excluding hydrogens is 309 g/mol. The van der Waals surface area contributed by atoms with Crippen LogP contribution in [0.5, 0.6) is 5.75 Å². The average Bonchev–Trinajstić information content (AvgIpc) is 2.49. The molecule has 5 heteroatoms. The van der Waals surface area contributed by atoms with Gasteiger partial charge in [0.1, 0.15) is 18.0 Å². The van der Waals surface area contributed by atoms with Crippen molar-refractivity contribution in [1.29, 1.82) is 0 Å². The van der Waals surface area contributed by atoms with Gasteiger partial charge in [-0.05, 0) is 30.7 Å². The highest BCUT2D eigenvalue weighted by Crippen LogP contribution is 2.31. The van der Waals surface area contributed by atoms with Gasteiger partial charge in [0.05, 0.1) is 5.02 Å². The van der Waals surface area contributed by atoms with Gasteiger partial charge in [0.25, 0.3) is 0 Å². The lowest BCUT2D eigenvalue weighted by molar-refractivity contribution is 0.0297. The van der Waals surface area contributed by atoms with E-state index >= 15 is 0 Å². The fourth-order valence-electron chi connectivity index (χ4n) is 2.07. The molecule has 0 saturated carbocycles. The van der Waals surface area contributed by atoms with Crippen LogP contribution in [0.25, 0.3) is 0 Å². The summed E-state index contributed by atoms with van der Waals surface area (Å²) >= 11 is 12.0. The van der Waals surface area contributed by atoms with Gasteiger partial charge in [-0.1, -0.05) is 42.6 Å². The third-order valence-electron chi connectivity index (χ3n) is 3.12. The van der Waals surface area contributed by atoms with E-state index < -0.39 is 12.2 Å². The number of benzene rings is 1. The second-order valence-electron chi connectivity index (χ2n) is 4.75. The lowest BCUT2D eigenvalue weighted by Crippen LogP contribution is -2.25. The Bertz CT molecular complexity index is 578. The van der Waals surface area contributed by atoms with Gasteiger partial charge in [0.15, 0.2) is 0 Å². The van der Waals surface area contributed by atoms with Gasteiger partial charge in [-0.2, -0.15) is 0 Å². The summed E-state index contributed by atoms with van der Waals surface area (Å²) in [4.78, 5) is 4.03. The van der Waals surface area contributed by atoms with Gasteiger partial charge in [0, 0.05) is 23.0 Å². The molecule has 1 aromatic carbocycles. The SMILES string of the molecule is CCCC(Oc1ccc(Cl)cc1Cl)C(O)c1cccnc1. The molecule has 1 heterocycles. The molecule has 1 N–H and O–H groups in total. The molecule has 112 valence electrons. The Balaban J connectivity index is 2.19. The zero-order chi connectivity index (χ0) is 15.2. The number of halogens is 2. The summed E-state index contributed by atoms with van der Waals surface area (Å²) in [5.41, 5.74) is 0.723. The van der Waals surface area contributed by atoms with Crippen LogP contribution in [-0.2, 0) is 0 Å². The summed E-state index contributed by atoms with van der Waals surface area (Å²) in [5, 5.41) is 11.5. The topological polar surface area (TPSA) is 42.4 Å². The van der Waals surface area contributed by atoms with E-state index in [9.17, 15) is 5.11 Å². The molecule has 2 atom stereocenters. The predicted octanol–water partition coefficient (Wildman–Crippen LogP) is 4.67. The Kier molecular flexibility index (Phi) is 5.85. The van der Waals surface area contributed by atoms with Crippen LogP contribution < -0.4 is 4.74 Å². The number of nitrogens with zero attached hydrogens (tertiary/aromatic N) is 1. The summed E-state index contributed by atoms with van der Waals surface area (Å²) in [6.45, 7) is 2.04. The summed E-state index contributed by atoms with van der Waals surface area (Å²) < 4.78 is 5.89. The van der Waals surface area contributed by atoms with E-state index in [1.54, 1.807) is 36.7 Å². The first-order chi connectivity index (χ1) is 10.1. The summed E-state index contributed by atoms with van der Waals surface area (Å²) in [7, 11) is 0. The minimum absolute atomic E-state index is 0.391. The van der Waals surface area contributed by atoms with Gasteiger partial charge < -0.3 is 9.84 Å². The highest BCUT2D eigenvalue weighted by molar-refractivity contribution is 6.35. The zero-order valence-corrected chi connectivity index (χ0v) is 13.2. The number of aliphatic hydroxyl groups is 1. The molecule has 0 saturated heterocycles. The molecule has 3 nitrogen and oxygen atoms in total. The van der Waals surface area contributed by atoms with E-state index in [0.717, 1.165) is 12.0 Å². The van der Waals surface area contributed by atoms with Crippen molar-refractivity contribution < 1.29 is 9.84 Å². The van der Waals surface area contributed by atoms with Crippen LogP contribution >= 0.6 is 23.2 Å². The van der Waals surface area contributed by atoms with Crippen LogP contribution in [0.15, 0.2) is 42.7 Å². The normalized spacial score (nSPS) is 13.7. The van der Waals surface area contributed by atoms with Crippen molar-refractivity contribution in [2.75, 3.05) is 0 Å². The average molecular weight is 326 g/mol. The maximum atomic E-state index is 10.5. The maximum absolute atomic E-state index is 10.5. The molecule has 0 aliphatic heterocycles. The lowest BCUT2D eigenvalue weighted by Gasteiger charge is -2.24. The van der Waals surface area contributed by atoms with Gasteiger partial charge in [-0.25, -0.2) is 0 Å². The highest BCUT2D eigenvalue weighted by Gasteiger charge is 2.23. The van der Waals surface area contributed by atoms with Gasteiger partial charge in [-0.15, -0.1) is 0 Å². The first-order valence-corrected chi connectivity index (χ1v) is 7.57. The van der Waals surface area contributed by atoms with Gasteiger partial charge in [-0.3, -0.25) is 4.98 Å². The van der Waals surface area contributed by atoms with Crippen molar-refractivity contribution in [3.63, 3.8) is 0 Å². The zero-order valence-electron chi connectivity index (χ0n) is 11.7. The molecule has 0 spiro atoms. The Morgan fingerprint density at radius 1 is 1.29 bits per heavy atom. The standard InChI is InChI=1S/C16H17Cl2NO2/c1-2-4-15(16(20)11-5-3-8-19-10-11)21-14-7-6-12(17)9-13(14)18/h3,5-10,15-16,20H,2,4H2,1H3. The smallest absolute Gasteiger partial charge is 0.138 e. The predicted molar refractivity (Wildman–Crippen MR) is 85.0 cm³/mol. The molecule has 0 bridgehead atoms. The third kappa shape index (κ3) is 4.34. The number of rotatable bonds is 6. The summed E-state index contributed by atoms with van der Waals surface area (Å²) in [6.07, 6.45) is 3.74. The van der Waals surface area contributed by atoms with Crippen molar-refractivity contribution in [2.24, 2.45) is 0 Å². The van der Waals surface area contributed by atoms with E-state index in [1.165, 1.54) is 0 Å². The van der Waals surface area contributed by atoms with E-state index in [4.69, 9.17) is 27.9 Å². The fourth-order valence-corrected chi connectivity index (χ4v) is 2.52. The fraction of sp³-hybridized carbons (Fsp3) is 0.312.